The van der Waals surface area contributed by atoms with Crippen LogP contribution in [0, 0.1) is 0 Å². The average Bonchev–Trinajstić information content (AvgIpc) is 3.45. The standard InChI is InChI=1S/C21H18F3N5O2/c22-21(23,24)20-28-14-4-1-2-5-16(14)29(20)11-18(30)25-12-7-8-13-15(10-12)27-19(26-13)17-6-3-9-31-17/h1-2,4-5,7-8,10,17H,3,6,9,11H2,(H,25,30)(H,26,27). The monoisotopic (exact) mass is 429 g/mol. The number of halogens is 3. The topological polar surface area (TPSA) is 84.8 Å². The summed E-state index contributed by atoms with van der Waals surface area (Å²) >= 11 is 0. The summed E-state index contributed by atoms with van der Waals surface area (Å²) in [4.78, 5) is 24.0. The zero-order chi connectivity index (χ0) is 21.6. The van der Waals surface area contributed by atoms with Gasteiger partial charge in [0.05, 0.1) is 22.1 Å². The number of rotatable bonds is 4. The van der Waals surface area contributed by atoms with Crippen LogP contribution in [0.3, 0.4) is 0 Å². The molecule has 10 heteroatoms. The molecule has 0 saturated carbocycles. The third kappa shape index (κ3) is 3.74. The van der Waals surface area contributed by atoms with Crippen molar-refractivity contribution in [3.8, 4) is 0 Å². The smallest absolute Gasteiger partial charge is 0.370 e. The molecule has 1 saturated heterocycles. The summed E-state index contributed by atoms with van der Waals surface area (Å²) in [5.41, 5.74) is 2.33. The van der Waals surface area contributed by atoms with E-state index in [0.717, 1.165) is 28.7 Å². The molecule has 2 aromatic heterocycles. The number of anilines is 1. The van der Waals surface area contributed by atoms with Crippen LogP contribution in [0.15, 0.2) is 42.5 Å². The van der Waals surface area contributed by atoms with Crippen molar-refractivity contribution in [2.75, 3.05) is 11.9 Å². The summed E-state index contributed by atoms with van der Waals surface area (Å²) in [5.74, 6) is -0.961. The van der Waals surface area contributed by atoms with Gasteiger partial charge in [-0.3, -0.25) is 4.79 Å². The molecule has 2 N–H and O–H groups in total. The van der Waals surface area contributed by atoms with Crippen LogP contribution in [-0.4, -0.2) is 32.0 Å². The van der Waals surface area contributed by atoms with Gasteiger partial charge in [0.1, 0.15) is 18.5 Å². The number of para-hydroxylation sites is 2. The van der Waals surface area contributed by atoms with Gasteiger partial charge in [0.2, 0.25) is 11.7 Å². The van der Waals surface area contributed by atoms with Gasteiger partial charge in [0, 0.05) is 12.3 Å². The van der Waals surface area contributed by atoms with Crippen molar-refractivity contribution in [1.82, 2.24) is 19.5 Å². The number of imidazole rings is 2. The molecule has 0 spiro atoms. The molecule has 0 radical (unpaired) electrons. The Balaban J connectivity index is 1.39. The molecule has 0 aliphatic carbocycles. The molecular weight excluding hydrogens is 411 g/mol. The Hall–Kier alpha value is -3.40. The third-order valence-corrected chi connectivity index (χ3v) is 5.23. The van der Waals surface area contributed by atoms with E-state index in [4.69, 9.17) is 4.74 Å². The molecule has 4 aromatic rings. The van der Waals surface area contributed by atoms with E-state index in [0.29, 0.717) is 17.8 Å². The minimum atomic E-state index is -4.67. The maximum absolute atomic E-state index is 13.4. The second kappa shape index (κ2) is 7.38. The number of hydrogen-bond acceptors (Lipinski definition) is 4. The number of ether oxygens (including phenoxy) is 1. The lowest BCUT2D eigenvalue weighted by Gasteiger charge is -2.11. The first-order valence-electron chi connectivity index (χ1n) is 9.82. The first-order valence-corrected chi connectivity index (χ1v) is 9.82. The zero-order valence-electron chi connectivity index (χ0n) is 16.2. The lowest BCUT2D eigenvalue weighted by molar-refractivity contribution is -0.147. The Morgan fingerprint density at radius 1 is 1.19 bits per heavy atom. The van der Waals surface area contributed by atoms with Gasteiger partial charge in [-0.1, -0.05) is 12.1 Å². The molecule has 7 nitrogen and oxygen atoms in total. The number of carbonyl (C=O) groups excluding carboxylic acids is 1. The molecular formula is C21H18F3N5O2. The lowest BCUT2D eigenvalue weighted by atomic mass is 10.2. The Kier molecular flexibility index (Phi) is 4.66. The van der Waals surface area contributed by atoms with Crippen molar-refractivity contribution in [2.24, 2.45) is 0 Å². The van der Waals surface area contributed by atoms with Gasteiger partial charge in [-0.2, -0.15) is 13.2 Å². The van der Waals surface area contributed by atoms with Gasteiger partial charge < -0.3 is 19.6 Å². The van der Waals surface area contributed by atoms with Gasteiger partial charge in [-0.25, -0.2) is 9.97 Å². The van der Waals surface area contributed by atoms with E-state index in [9.17, 15) is 18.0 Å². The van der Waals surface area contributed by atoms with Gasteiger partial charge in [-0.05, 0) is 43.2 Å². The van der Waals surface area contributed by atoms with Gasteiger partial charge in [0.25, 0.3) is 0 Å². The molecule has 1 atom stereocenters. The van der Waals surface area contributed by atoms with E-state index in [1.54, 1.807) is 30.3 Å². The highest BCUT2D eigenvalue weighted by molar-refractivity contribution is 5.93. The highest BCUT2D eigenvalue weighted by Gasteiger charge is 2.38. The number of nitrogens with zero attached hydrogens (tertiary/aromatic N) is 3. The molecule has 3 heterocycles. The minimum absolute atomic E-state index is 0.0687. The molecule has 0 bridgehead atoms. The molecule has 5 rings (SSSR count). The Labute approximate surface area is 174 Å². The van der Waals surface area contributed by atoms with Gasteiger partial charge in [-0.15, -0.1) is 0 Å². The van der Waals surface area contributed by atoms with Crippen LogP contribution in [0.2, 0.25) is 0 Å². The Bertz CT molecular complexity index is 1270. The summed E-state index contributed by atoms with van der Waals surface area (Å²) in [6.07, 6.45) is -2.87. The first kappa shape index (κ1) is 19.6. The summed E-state index contributed by atoms with van der Waals surface area (Å²) in [6, 6.07) is 11.3. The Morgan fingerprint density at radius 2 is 2.03 bits per heavy atom. The summed E-state index contributed by atoms with van der Waals surface area (Å²) in [6.45, 7) is 0.184. The average molecular weight is 429 g/mol. The van der Waals surface area contributed by atoms with Crippen LogP contribution in [0.25, 0.3) is 22.1 Å². The van der Waals surface area contributed by atoms with E-state index < -0.39 is 24.5 Å². The fraction of sp³-hybridized carbons (Fsp3) is 0.286. The molecule has 2 aromatic carbocycles. The quantitative estimate of drug-likeness (QED) is 0.503. The highest BCUT2D eigenvalue weighted by atomic mass is 19.4. The van der Waals surface area contributed by atoms with Crippen LogP contribution in [-0.2, 0) is 22.3 Å². The number of alkyl halides is 3. The molecule has 1 aliphatic heterocycles. The number of amides is 1. The highest BCUT2D eigenvalue weighted by Crippen LogP contribution is 2.32. The van der Waals surface area contributed by atoms with Crippen LogP contribution >= 0.6 is 0 Å². The van der Waals surface area contributed by atoms with E-state index >= 15 is 0 Å². The van der Waals surface area contributed by atoms with Crippen molar-refractivity contribution >= 4 is 33.7 Å². The van der Waals surface area contributed by atoms with Crippen LogP contribution in [0.4, 0.5) is 18.9 Å². The number of hydrogen-bond donors (Lipinski definition) is 2. The van der Waals surface area contributed by atoms with E-state index in [2.05, 4.69) is 20.3 Å². The molecule has 160 valence electrons. The minimum Gasteiger partial charge on any atom is -0.370 e. The molecule has 1 unspecified atom stereocenters. The number of nitrogens with one attached hydrogen (secondary N) is 2. The predicted octanol–water partition coefficient (Wildman–Crippen LogP) is 4.42. The van der Waals surface area contributed by atoms with E-state index in [1.807, 2.05) is 0 Å². The maximum atomic E-state index is 13.4. The summed E-state index contributed by atoms with van der Waals surface area (Å²) in [5, 5.41) is 2.66. The number of aromatic amines is 1. The fourth-order valence-corrected chi connectivity index (χ4v) is 3.85. The van der Waals surface area contributed by atoms with Crippen LogP contribution in [0.1, 0.15) is 30.6 Å². The van der Waals surface area contributed by atoms with Gasteiger partial charge in [0.15, 0.2) is 0 Å². The number of H-pyrrole nitrogens is 1. The summed E-state index contributed by atoms with van der Waals surface area (Å²) < 4.78 is 46.8. The lowest BCUT2D eigenvalue weighted by Crippen LogP contribution is -2.23. The van der Waals surface area contributed by atoms with E-state index in [1.165, 1.54) is 12.1 Å². The Morgan fingerprint density at radius 3 is 2.81 bits per heavy atom. The second-order valence-corrected chi connectivity index (χ2v) is 7.41. The largest absolute Gasteiger partial charge is 0.449 e. The fourth-order valence-electron chi connectivity index (χ4n) is 3.85. The van der Waals surface area contributed by atoms with Crippen molar-refractivity contribution < 1.29 is 22.7 Å². The number of carbonyl (C=O) groups is 1. The van der Waals surface area contributed by atoms with Crippen molar-refractivity contribution in [3.05, 3.63) is 54.1 Å². The molecule has 1 fully saturated rings. The number of fused-ring (bicyclic) bond motifs is 2. The maximum Gasteiger partial charge on any atom is 0.449 e. The number of aromatic nitrogens is 4. The predicted molar refractivity (Wildman–Crippen MR) is 107 cm³/mol. The molecule has 1 aliphatic rings. The summed E-state index contributed by atoms with van der Waals surface area (Å²) in [7, 11) is 0. The normalized spacial score (nSPS) is 16.9. The second-order valence-electron chi connectivity index (χ2n) is 7.41. The number of benzene rings is 2. The van der Waals surface area contributed by atoms with Crippen LogP contribution in [0.5, 0.6) is 0 Å². The third-order valence-electron chi connectivity index (χ3n) is 5.23. The van der Waals surface area contributed by atoms with Crippen molar-refractivity contribution in [3.63, 3.8) is 0 Å². The SMILES string of the molecule is O=C(Cn1c(C(F)(F)F)nc2ccccc21)Nc1ccc2nc(C3CCCO3)[nH]c2c1. The van der Waals surface area contributed by atoms with Crippen LogP contribution < -0.4 is 5.32 Å². The molecule has 31 heavy (non-hydrogen) atoms. The first-order chi connectivity index (χ1) is 14.9. The molecule has 1 amide bonds. The zero-order valence-corrected chi connectivity index (χ0v) is 16.2. The van der Waals surface area contributed by atoms with Crippen molar-refractivity contribution in [2.45, 2.75) is 31.7 Å². The van der Waals surface area contributed by atoms with Crippen molar-refractivity contribution in [1.29, 1.82) is 0 Å². The van der Waals surface area contributed by atoms with Gasteiger partial charge >= 0.3 is 6.18 Å². The van der Waals surface area contributed by atoms with E-state index in [-0.39, 0.29) is 17.1 Å².